The van der Waals surface area contributed by atoms with Crippen molar-refractivity contribution in [2.75, 3.05) is 26.9 Å². The zero-order valence-corrected chi connectivity index (χ0v) is 21.8. The fraction of sp³-hybridized carbons (Fsp3) is 0.519. The van der Waals surface area contributed by atoms with Crippen LogP contribution >= 0.6 is 11.6 Å². The second kappa shape index (κ2) is 12.5. The lowest BCUT2D eigenvalue weighted by Crippen LogP contribution is -2.44. The molecule has 2 aromatic rings. The summed E-state index contributed by atoms with van der Waals surface area (Å²) in [4.78, 5) is 12.6. The molecule has 0 fully saturated rings. The fourth-order valence-electron chi connectivity index (χ4n) is 3.92. The number of methoxy groups -OCH3 is 1. The molecular weight excluding hydrogens is 457 g/mol. The number of amides is 1. The zero-order chi connectivity index (χ0) is 25.4. The standard InChI is InChI=1S/C27H37ClFNO4/c1-7-33-18-27(5,17-32-6)16-22(30-25(31)34-26(2,3)4)14-19-8-10-20(11-9-19)23-15-21(28)12-13-24(23)29/h8-13,15,22H,7,14,16-18H2,1-6H3,(H,30,31)/t22-,27+/m1/s1. The van der Waals surface area contributed by atoms with E-state index in [-0.39, 0.29) is 17.3 Å². The molecule has 2 rings (SSSR count). The van der Waals surface area contributed by atoms with Crippen molar-refractivity contribution in [1.29, 1.82) is 0 Å². The predicted molar refractivity (Wildman–Crippen MR) is 135 cm³/mol. The normalized spacial score (nSPS) is 14.4. The Labute approximate surface area is 207 Å². The van der Waals surface area contributed by atoms with Crippen molar-refractivity contribution in [3.05, 3.63) is 58.9 Å². The minimum atomic E-state index is -0.599. The number of carbonyl (C=O) groups excluding carboxylic acids is 1. The third kappa shape index (κ3) is 9.24. The van der Waals surface area contributed by atoms with Gasteiger partial charge >= 0.3 is 6.09 Å². The summed E-state index contributed by atoms with van der Waals surface area (Å²) in [5.74, 6) is -0.326. The van der Waals surface area contributed by atoms with Crippen molar-refractivity contribution in [2.45, 2.75) is 59.1 Å². The summed E-state index contributed by atoms with van der Waals surface area (Å²) in [6.07, 6.45) is 0.736. The first-order chi connectivity index (χ1) is 15.9. The van der Waals surface area contributed by atoms with Crippen LogP contribution in [-0.2, 0) is 20.6 Å². The van der Waals surface area contributed by atoms with Gasteiger partial charge in [-0.1, -0.05) is 42.8 Å². The smallest absolute Gasteiger partial charge is 0.407 e. The van der Waals surface area contributed by atoms with E-state index in [2.05, 4.69) is 12.2 Å². The van der Waals surface area contributed by atoms with Gasteiger partial charge in [-0.3, -0.25) is 0 Å². The van der Waals surface area contributed by atoms with Crippen LogP contribution in [0.15, 0.2) is 42.5 Å². The molecule has 2 atom stereocenters. The number of carbonyl (C=O) groups is 1. The average molecular weight is 494 g/mol. The van der Waals surface area contributed by atoms with Crippen LogP contribution in [0.3, 0.4) is 0 Å². The van der Waals surface area contributed by atoms with Crippen molar-refractivity contribution in [3.8, 4) is 11.1 Å². The van der Waals surface area contributed by atoms with E-state index in [4.69, 9.17) is 25.8 Å². The minimum Gasteiger partial charge on any atom is -0.444 e. The van der Waals surface area contributed by atoms with E-state index in [9.17, 15) is 9.18 Å². The number of hydrogen-bond acceptors (Lipinski definition) is 4. The van der Waals surface area contributed by atoms with Gasteiger partial charge in [0.25, 0.3) is 0 Å². The lowest BCUT2D eigenvalue weighted by molar-refractivity contribution is -0.00564. The van der Waals surface area contributed by atoms with Crippen LogP contribution in [-0.4, -0.2) is 44.7 Å². The number of benzene rings is 2. The van der Waals surface area contributed by atoms with Crippen LogP contribution in [0, 0.1) is 11.2 Å². The number of hydrogen-bond donors (Lipinski definition) is 1. The van der Waals surface area contributed by atoms with Crippen molar-refractivity contribution < 1.29 is 23.4 Å². The Morgan fingerprint density at radius 1 is 1.09 bits per heavy atom. The zero-order valence-electron chi connectivity index (χ0n) is 21.0. The molecule has 0 radical (unpaired) electrons. The molecule has 34 heavy (non-hydrogen) atoms. The molecule has 0 aliphatic carbocycles. The Bertz CT molecular complexity index is 929. The van der Waals surface area contributed by atoms with Crippen LogP contribution in [0.4, 0.5) is 9.18 Å². The predicted octanol–water partition coefficient (Wildman–Crippen LogP) is 6.66. The molecule has 5 nitrogen and oxygen atoms in total. The molecule has 0 heterocycles. The Kier molecular flexibility index (Phi) is 10.3. The van der Waals surface area contributed by atoms with Gasteiger partial charge in [0.15, 0.2) is 0 Å². The van der Waals surface area contributed by atoms with Gasteiger partial charge in [-0.2, -0.15) is 0 Å². The van der Waals surface area contributed by atoms with Crippen molar-refractivity contribution >= 4 is 17.7 Å². The highest BCUT2D eigenvalue weighted by atomic mass is 35.5. The highest BCUT2D eigenvalue weighted by Crippen LogP contribution is 2.29. The molecule has 0 unspecified atom stereocenters. The molecule has 0 aliphatic rings. The van der Waals surface area contributed by atoms with Gasteiger partial charge < -0.3 is 19.5 Å². The van der Waals surface area contributed by atoms with Gasteiger partial charge in [0, 0.05) is 35.8 Å². The molecule has 1 amide bonds. The van der Waals surface area contributed by atoms with Crippen molar-refractivity contribution in [2.24, 2.45) is 5.41 Å². The van der Waals surface area contributed by atoms with E-state index in [0.29, 0.717) is 43.2 Å². The molecule has 1 N–H and O–H groups in total. The van der Waals surface area contributed by atoms with Crippen LogP contribution in [0.5, 0.6) is 0 Å². The molecule has 7 heteroatoms. The molecule has 0 bridgehead atoms. The summed E-state index contributed by atoms with van der Waals surface area (Å²) in [7, 11) is 1.66. The van der Waals surface area contributed by atoms with Gasteiger partial charge in [-0.15, -0.1) is 0 Å². The number of nitrogens with one attached hydrogen (secondary N) is 1. The first-order valence-corrected chi connectivity index (χ1v) is 11.9. The van der Waals surface area contributed by atoms with E-state index in [0.717, 1.165) is 11.1 Å². The van der Waals surface area contributed by atoms with Gasteiger partial charge in [-0.05, 0) is 69.9 Å². The van der Waals surface area contributed by atoms with Crippen LogP contribution < -0.4 is 5.32 Å². The number of rotatable bonds is 11. The molecule has 0 saturated heterocycles. The third-order valence-corrected chi connectivity index (χ3v) is 5.52. The summed E-state index contributed by atoms with van der Waals surface area (Å²) < 4.78 is 30.9. The molecule has 2 aromatic carbocycles. The lowest BCUT2D eigenvalue weighted by Gasteiger charge is -2.33. The SMILES string of the molecule is CCOC[C@](C)(COC)C[C@@H](Cc1ccc(-c2cc(Cl)ccc2F)cc1)NC(=O)OC(C)(C)C. The summed E-state index contributed by atoms with van der Waals surface area (Å²) in [5.41, 5.74) is 1.29. The third-order valence-electron chi connectivity index (χ3n) is 5.28. The van der Waals surface area contributed by atoms with Crippen LogP contribution in [0.25, 0.3) is 11.1 Å². The monoisotopic (exact) mass is 493 g/mol. The fourth-order valence-corrected chi connectivity index (χ4v) is 4.10. The van der Waals surface area contributed by atoms with Gasteiger partial charge in [0.05, 0.1) is 13.2 Å². The topological polar surface area (TPSA) is 56.8 Å². The maximum atomic E-state index is 14.3. The first-order valence-electron chi connectivity index (χ1n) is 11.6. The number of halogens is 2. The summed E-state index contributed by atoms with van der Waals surface area (Å²) >= 11 is 6.05. The maximum absolute atomic E-state index is 14.3. The Balaban J connectivity index is 2.24. The Morgan fingerprint density at radius 3 is 2.35 bits per heavy atom. The maximum Gasteiger partial charge on any atom is 0.407 e. The minimum absolute atomic E-state index is 0.218. The largest absolute Gasteiger partial charge is 0.444 e. The van der Waals surface area contributed by atoms with Gasteiger partial charge in [0.2, 0.25) is 0 Å². The second-order valence-electron chi connectivity index (χ2n) is 9.95. The number of alkyl carbamates (subject to hydrolysis) is 1. The molecule has 0 spiro atoms. The van der Waals surface area contributed by atoms with Crippen LogP contribution in [0.2, 0.25) is 5.02 Å². The highest BCUT2D eigenvalue weighted by Gasteiger charge is 2.31. The van der Waals surface area contributed by atoms with Gasteiger partial charge in [-0.25, -0.2) is 9.18 Å². The van der Waals surface area contributed by atoms with E-state index in [1.165, 1.54) is 12.1 Å². The molecule has 0 aliphatic heterocycles. The summed E-state index contributed by atoms with van der Waals surface area (Å²) in [6, 6.07) is 11.9. The summed E-state index contributed by atoms with van der Waals surface area (Å²) in [5, 5.41) is 3.51. The van der Waals surface area contributed by atoms with E-state index in [1.807, 2.05) is 52.0 Å². The van der Waals surface area contributed by atoms with Crippen molar-refractivity contribution in [3.63, 3.8) is 0 Å². The highest BCUT2D eigenvalue weighted by molar-refractivity contribution is 6.30. The quantitative estimate of drug-likeness (QED) is 0.380. The molecule has 0 saturated carbocycles. The van der Waals surface area contributed by atoms with Crippen LogP contribution in [0.1, 0.15) is 46.6 Å². The van der Waals surface area contributed by atoms with Gasteiger partial charge in [0.1, 0.15) is 11.4 Å². The van der Waals surface area contributed by atoms with E-state index < -0.39 is 11.7 Å². The van der Waals surface area contributed by atoms with Crippen molar-refractivity contribution in [1.82, 2.24) is 5.32 Å². The average Bonchev–Trinajstić information content (AvgIpc) is 2.73. The summed E-state index contributed by atoms with van der Waals surface area (Å²) in [6.45, 7) is 11.1. The lowest BCUT2D eigenvalue weighted by atomic mass is 9.83. The van der Waals surface area contributed by atoms with E-state index in [1.54, 1.807) is 13.2 Å². The Hall–Kier alpha value is -2.15. The van der Waals surface area contributed by atoms with E-state index >= 15 is 0 Å². The number of ether oxygens (including phenoxy) is 3. The first kappa shape index (κ1) is 28.1. The Morgan fingerprint density at radius 2 is 1.76 bits per heavy atom. The molecule has 188 valence electrons. The molecular formula is C27H37ClFNO4. The molecule has 0 aromatic heterocycles. The second-order valence-corrected chi connectivity index (χ2v) is 10.4.